The lowest BCUT2D eigenvalue weighted by Gasteiger charge is -2.14. The summed E-state index contributed by atoms with van der Waals surface area (Å²) in [5, 5.41) is 2.81. The van der Waals surface area contributed by atoms with Gasteiger partial charge in [0.25, 0.3) is 5.91 Å². The highest BCUT2D eigenvalue weighted by Crippen LogP contribution is 2.25. The highest BCUT2D eigenvalue weighted by molar-refractivity contribution is 7.89. The molecule has 5 nitrogen and oxygen atoms in total. The summed E-state index contributed by atoms with van der Waals surface area (Å²) in [7, 11) is -0.906. The molecular weight excluding hydrogens is 336 g/mol. The van der Waals surface area contributed by atoms with E-state index in [0.29, 0.717) is 5.69 Å². The number of anilines is 1. The molecule has 0 spiro atoms. The van der Waals surface area contributed by atoms with Gasteiger partial charge in [0.05, 0.1) is 5.02 Å². The summed E-state index contributed by atoms with van der Waals surface area (Å²) in [5.74, 6) is -0.400. The maximum Gasteiger partial charge on any atom is 0.255 e. The van der Waals surface area contributed by atoms with Crippen molar-refractivity contribution in [1.82, 2.24) is 4.31 Å². The molecule has 0 aromatic heterocycles. The third-order valence-electron chi connectivity index (χ3n) is 3.23. The second-order valence-corrected chi connectivity index (χ2v) is 7.78. The maximum absolute atomic E-state index is 12.3. The van der Waals surface area contributed by atoms with Gasteiger partial charge in [-0.15, -0.1) is 0 Å². The van der Waals surface area contributed by atoms with Crippen LogP contribution in [0, 0.1) is 6.92 Å². The van der Waals surface area contributed by atoms with Crippen LogP contribution in [-0.2, 0) is 10.0 Å². The predicted molar refractivity (Wildman–Crippen MR) is 91.5 cm³/mol. The molecule has 1 N–H and O–H groups in total. The van der Waals surface area contributed by atoms with Crippen molar-refractivity contribution in [1.29, 1.82) is 0 Å². The van der Waals surface area contributed by atoms with Crippen LogP contribution in [0.4, 0.5) is 5.69 Å². The standard InChI is InChI=1S/C16H17ClN2O3S/c1-11-5-4-6-13(9-11)18-16(20)12-7-8-14(17)15(10-12)23(21,22)19(2)3/h4-10H,1-3H3,(H,18,20). The Labute approximate surface area is 140 Å². The van der Waals surface area contributed by atoms with E-state index in [9.17, 15) is 13.2 Å². The zero-order valence-corrected chi connectivity index (χ0v) is 14.6. The van der Waals surface area contributed by atoms with Crippen LogP contribution in [-0.4, -0.2) is 32.7 Å². The number of aryl methyl sites for hydroxylation is 1. The Morgan fingerprint density at radius 2 is 1.83 bits per heavy atom. The fourth-order valence-electron chi connectivity index (χ4n) is 1.97. The number of rotatable bonds is 4. The summed E-state index contributed by atoms with van der Waals surface area (Å²) in [5.41, 5.74) is 1.87. The summed E-state index contributed by atoms with van der Waals surface area (Å²) in [6, 6.07) is 11.5. The van der Waals surface area contributed by atoms with Crippen LogP contribution in [0.2, 0.25) is 5.02 Å². The van der Waals surface area contributed by atoms with Gasteiger partial charge >= 0.3 is 0 Å². The molecule has 0 aliphatic heterocycles. The molecule has 0 fully saturated rings. The fourth-order valence-corrected chi connectivity index (χ4v) is 3.36. The van der Waals surface area contributed by atoms with Gasteiger partial charge < -0.3 is 5.32 Å². The van der Waals surface area contributed by atoms with Crippen LogP contribution in [0.5, 0.6) is 0 Å². The highest BCUT2D eigenvalue weighted by atomic mass is 35.5. The Morgan fingerprint density at radius 1 is 1.13 bits per heavy atom. The zero-order chi connectivity index (χ0) is 17.2. The second kappa shape index (κ2) is 6.70. The number of benzene rings is 2. The van der Waals surface area contributed by atoms with E-state index in [-0.39, 0.29) is 15.5 Å². The Hall–Kier alpha value is -1.89. The quantitative estimate of drug-likeness (QED) is 0.919. The van der Waals surface area contributed by atoms with Gasteiger partial charge in [-0.1, -0.05) is 23.7 Å². The molecule has 0 saturated carbocycles. The van der Waals surface area contributed by atoms with Crippen LogP contribution in [0.15, 0.2) is 47.4 Å². The molecule has 0 bridgehead atoms. The molecular formula is C16H17ClN2O3S. The van der Waals surface area contributed by atoms with E-state index in [1.807, 2.05) is 25.1 Å². The Morgan fingerprint density at radius 3 is 2.43 bits per heavy atom. The zero-order valence-electron chi connectivity index (χ0n) is 13.0. The molecule has 0 radical (unpaired) electrons. The van der Waals surface area contributed by atoms with E-state index in [4.69, 9.17) is 11.6 Å². The minimum atomic E-state index is -3.72. The maximum atomic E-state index is 12.3. The SMILES string of the molecule is Cc1cccc(NC(=O)c2ccc(Cl)c(S(=O)(=O)N(C)C)c2)c1. The van der Waals surface area contributed by atoms with E-state index < -0.39 is 15.9 Å². The molecule has 23 heavy (non-hydrogen) atoms. The molecule has 0 aliphatic carbocycles. The molecule has 0 atom stereocenters. The lowest BCUT2D eigenvalue weighted by atomic mass is 10.2. The third kappa shape index (κ3) is 3.90. The molecule has 2 rings (SSSR count). The topological polar surface area (TPSA) is 66.5 Å². The minimum absolute atomic E-state index is 0.0748. The number of amides is 1. The van der Waals surface area contributed by atoms with Crippen molar-refractivity contribution < 1.29 is 13.2 Å². The van der Waals surface area contributed by atoms with E-state index >= 15 is 0 Å². The number of nitrogens with one attached hydrogen (secondary N) is 1. The first-order valence-corrected chi connectivity index (χ1v) is 8.63. The smallest absolute Gasteiger partial charge is 0.255 e. The Kier molecular flexibility index (Phi) is 5.09. The summed E-state index contributed by atoms with van der Waals surface area (Å²) < 4.78 is 25.5. The van der Waals surface area contributed by atoms with Gasteiger partial charge in [0, 0.05) is 25.3 Å². The number of nitrogens with zero attached hydrogens (tertiary/aromatic N) is 1. The van der Waals surface area contributed by atoms with Crippen LogP contribution in [0.3, 0.4) is 0 Å². The molecule has 0 saturated heterocycles. The minimum Gasteiger partial charge on any atom is -0.322 e. The molecule has 122 valence electrons. The van der Waals surface area contributed by atoms with Crippen molar-refractivity contribution in [2.75, 3.05) is 19.4 Å². The van der Waals surface area contributed by atoms with Crippen LogP contribution < -0.4 is 5.32 Å². The van der Waals surface area contributed by atoms with Gasteiger partial charge in [0.15, 0.2) is 0 Å². The second-order valence-electron chi connectivity index (χ2n) is 5.26. The van der Waals surface area contributed by atoms with E-state index in [2.05, 4.69) is 5.32 Å². The van der Waals surface area contributed by atoms with Gasteiger partial charge in [0.2, 0.25) is 10.0 Å². The van der Waals surface area contributed by atoms with Crippen molar-refractivity contribution in [3.8, 4) is 0 Å². The number of carbonyl (C=O) groups is 1. The molecule has 0 aliphatic rings. The van der Waals surface area contributed by atoms with Crippen LogP contribution >= 0.6 is 11.6 Å². The van der Waals surface area contributed by atoms with Crippen molar-refractivity contribution >= 4 is 33.2 Å². The highest BCUT2D eigenvalue weighted by Gasteiger charge is 2.22. The largest absolute Gasteiger partial charge is 0.322 e. The van der Waals surface area contributed by atoms with Crippen molar-refractivity contribution in [3.05, 3.63) is 58.6 Å². The van der Waals surface area contributed by atoms with E-state index in [1.165, 1.54) is 32.3 Å². The number of sulfonamides is 1. The average Bonchev–Trinajstić information content (AvgIpc) is 2.47. The van der Waals surface area contributed by atoms with E-state index in [1.54, 1.807) is 6.07 Å². The van der Waals surface area contributed by atoms with Crippen molar-refractivity contribution in [2.24, 2.45) is 0 Å². The van der Waals surface area contributed by atoms with Gasteiger partial charge in [-0.3, -0.25) is 4.79 Å². The normalized spacial score (nSPS) is 11.5. The molecule has 0 unspecified atom stereocenters. The van der Waals surface area contributed by atoms with Gasteiger partial charge in [-0.2, -0.15) is 0 Å². The average molecular weight is 353 g/mol. The summed E-state index contributed by atoms with van der Waals surface area (Å²) in [4.78, 5) is 12.2. The lowest BCUT2D eigenvalue weighted by Crippen LogP contribution is -2.23. The Bertz CT molecular complexity index is 848. The van der Waals surface area contributed by atoms with Crippen molar-refractivity contribution in [3.63, 3.8) is 0 Å². The number of hydrogen-bond acceptors (Lipinski definition) is 3. The first kappa shape index (κ1) is 17.5. The van der Waals surface area contributed by atoms with Crippen LogP contribution in [0.25, 0.3) is 0 Å². The first-order valence-electron chi connectivity index (χ1n) is 6.82. The molecule has 7 heteroatoms. The van der Waals surface area contributed by atoms with Gasteiger partial charge in [0.1, 0.15) is 4.90 Å². The molecule has 0 heterocycles. The molecule has 2 aromatic carbocycles. The fraction of sp³-hybridized carbons (Fsp3) is 0.188. The van der Waals surface area contributed by atoms with Gasteiger partial charge in [-0.05, 0) is 42.8 Å². The molecule has 2 aromatic rings. The van der Waals surface area contributed by atoms with Crippen molar-refractivity contribution in [2.45, 2.75) is 11.8 Å². The first-order chi connectivity index (χ1) is 10.7. The van der Waals surface area contributed by atoms with E-state index in [0.717, 1.165) is 9.87 Å². The predicted octanol–water partition coefficient (Wildman–Crippen LogP) is 3.15. The molecule has 1 amide bonds. The number of hydrogen-bond donors (Lipinski definition) is 1. The Balaban J connectivity index is 2.36. The summed E-state index contributed by atoms with van der Waals surface area (Å²) in [6.07, 6.45) is 0. The monoisotopic (exact) mass is 352 g/mol. The van der Waals surface area contributed by atoms with Gasteiger partial charge in [-0.25, -0.2) is 12.7 Å². The summed E-state index contributed by atoms with van der Waals surface area (Å²) >= 11 is 5.97. The lowest BCUT2D eigenvalue weighted by molar-refractivity contribution is 0.102. The third-order valence-corrected chi connectivity index (χ3v) is 5.52. The van der Waals surface area contributed by atoms with Crippen LogP contribution in [0.1, 0.15) is 15.9 Å². The summed E-state index contributed by atoms with van der Waals surface area (Å²) in [6.45, 7) is 1.92. The number of carbonyl (C=O) groups excluding carboxylic acids is 1. The number of halogens is 1.